The summed E-state index contributed by atoms with van der Waals surface area (Å²) in [5.74, 6) is 0.596. The molecule has 1 aromatic carbocycles. The first-order valence-corrected chi connectivity index (χ1v) is 14.0. The Labute approximate surface area is 245 Å². The topological polar surface area (TPSA) is 120 Å². The summed E-state index contributed by atoms with van der Waals surface area (Å²) in [5, 5.41) is 12.1. The maximum absolute atomic E-state index is 13.4. The van der Waals surface area contributed by atoms with Crippen molar-refractivity contribution >= 4 is 50.0 Å². The Bertz CT molecular complexity index is 1930. The van der Waals surface area contributed by atoms with E-state index in [0.29, 0.717) is 38.9 Å². The minimum Gasteiger partial charge on any atom is -0.491 e. The van der Waals surface area contributed by atoms with Gasteiger partial charge in [0.15, 0.2) is 0 Å². The second kappa shape index (κ2) is 10.9. The van der Waals surface area contributed by atoms with Crippen molar-refractivity contribution in [3.05, 3.63) is 80.1 Å². The quantitative estimate of drug-likeness (QED) is 0.214. The molecular formula is C30H26ClN5O4S. The number of hydrogen-bond acceptors (Lipinski definition) is 9. The number of halogens is 1. The lowest BCUT2D eigenvalue weighted by Gasteiger charge is -2.19. The van der Waals surface area contributed by atoms with Crippen molar-refractivity contribution in [2.24, 2.45) is 0 Å². The lowest BCUT2D eigenvalue weighted by Crippen LogP contribution is -2.27. The van der Waals surface area contributed by atoms with Crippen molar-refractivity contribution in [2.75, 3.05) is 6.61 Å². The molecule has 0 atom stereocenters. The molecule has 0 N–H and O–H groups in total. The standard InChI is InChI=1S/C30H26ClN5O4S/c1-16-21(13-32)25-23(14-34-16)35-17(2)36(28(25)37)10-11-39-24-7-6-18(31)12-20(24)19-8-9-33-26-22(15-41-27(19)26)29(38)40-30(3,4)5/h6-9,12,14-15H,10-11H2,1-5H3. The van der Waals surface area contributed by atoms with Gasteiger partial charge in [-0.2, -0.15) is 5.26 Å². The maximum Gasteiger partial charge on any atom is 0.341 e. The summed E-state index contributed by atoms with van der Waals surface area (Å²) in [5.41, 5.74) is 2.58. The maximum atomic E-state index is 13.4. The van der Waals surface area contributed by atoms with Gasteiger partial charge in [0, 0.05) is 27.7 Å². The number of fused-ring (bicyclic) bond motifs is 2. The van der Waals surface area contributed by atoms with E-state index in [1.807, 2.05) is 26.8 Å². The monoisotopic (exact) mass is 587 g/mol. The van der Waals surface area contributed by atoms with E-state index in [0.717, 1.165) is 15.8 Å². The summed E-state index contributed by atoms with van der Waals surface area (Å²) in [6.45, 7) is 9.22. The predicted octanol–water partition coefficient (Wildman–Crippen LogP) is 6.24. The SMILES string of the molecule is Cc1ncc2nc(C)n(CCOc3ccc(Cl)cc3-c3ccnc4c(C(=O)OC(C)(C)C)csc34)c(=O)c2c1C#N. The summed E-state index contributed by atoms with van der Waals surface area (Å²) in [4.78, 5) is 39.3. The fourth-order valence-electron chi connectivity index (χ4n) is 4.52. The number of rotatable bonds is 6. The van der Waals surface area contributed by atoms with Crippen LogP contribution < -0.4 is 10.3 Å². The zero-order valence-electron chi connectivity index (χ0n) is 23.1. The molecule has 0 fully saturated rings. The van der Waals surface area contributed by atoms with Crippen molar-refractivity contribution < 1.29 is 14.3 Å². The third-order valence-electron chi connectivity index (χ3n) is 6.37. The van der Waals surface area contributed by atoms with Crippen molar-refractivity contribution in [3.63, 3.8) is 0 Å². The van der Waals surface area contributed by atoms with Crippen LogP contribution >= 0.6 is 22.9 Å². The Morgan fingerprint density at radius 2 is 1.95 bits per heavy atom. The number of nitrogens with zero attached hydrogens (tertiary/aromatic N) is 5. The van der Waals surface area contributed by atoms with E-state index in [-0.39, 0.29) is 29.7 Å². The Kier molecular flexibility index (Phi) is 7.51. The summed E-state index contributed by atoms with van der Waals surface area (Å²) in [7, 11) is 0. The van der Waals surface area contributed by atoms with Crippen LogP contribution in [0.1, 0.15) is 48.2 Å². The fourth-order valence-corrected chi connectivity index (χ4v) is 5.72. The average Bonchev–Trinajstić information content (AvgIpc) is 3.35. The van der Waals surface area contributed by atoms with Crippen molar-refractivity contribution in [1.29, 1.82) is 5.26 Å². The number of esters is 1. The van der Waals surface area contributed by atoms with E-state index in [1.165, 1.54) is 22.1 Å². The largest absolute Gasteiger partial charge is 0.491 e. The first kappa shape index (κ1) is 28.2. The number of aryl methyl sites for hydroxylation is 2. The second-order valence-corrected chi connectivity index (χ2v) is 11.7. The smallest absolute Gasteiger partial charge is 0.341 e. The summed E-state index contributed by atoms with van der Waals surface area (Å²) in [6.07, 6.45) is 3.14. The van der Waals surface area contributed by atoms with Gasteiger partial charge in [0.25, 0.3) is 5.56 Å². The highest BCUT2D eigenvalue weighted by atomic mass is 35.5. The van der Waals surface area contributed by atoms with Crippen LogP contribution in [0.2, 0.25) is 5.02 Å². The van der Waals surface area contributed by atoms with Gasteiger partial charge >= 0.3 is 5.97 Å². The first-order valence-electron chi connectivity index (χ1n) is 12.8. The zero-order valence-corrected chi connectivity index (χ0v) is 24.7. The molecule has 0 aliphatic rings. The summed E-state index contributed by atoms with van der Waals surface area (Å²) >= 11 is 7.77. The molecule has 9 nitrogen and oxygen atoms in total. The molecule has 0 aliphatic heterocycles. The molecule has 0 aliphatic carbocycles. The predicted molar refractivity (Wildman–Crippen MR) is 159 cm³/mol. The molecular weight excluding hydrogens is 562 g/mol. The summed E-state index contributed by atoms with van der Waals surface area (Å²) < 4.78 is 14.0. The number of thiophene rings is 1. The minimum absolute atomic E-state index is 0.149. The third-order valence-corrected chi connectivity index (χ3v) is 7.61. The lowest BCUT2D eigenvalue weighted by atomic mass is 10.0. The Morgan fingerprint density at radius 3 is 2.68 bits per heavy atom. The highest BCUT2D eigenvalue weighted by molar-refractivity contribution is 7.18. The molecule has 41 heavy (non-hydrogen) atoms. The van der Waals surface area contributed by atoms with Crippen LogP contribution in [0.4, 0.5) is 0 Å². The number of carbonyl (C=O) groups excluding carboxylic acids is 1. The molecule has 0 radical (unpaired) electrons. The molecule has 5 aromatic rings. The molecule has 0 spiro atoms. The molecule has 0 amide bonds. The van der Waals surface area contributed by atoms with Gasteiger partial charge in [-0.25, -0.2) is 9.78 Å². The number of ether oxygens (including phenoxy) is 2. The molecule has 11 heteroatoms. The fraction of sp³-hybridized carbons (Fsp3) is 0.267. The molecule has 4 aromatic heterocycles. The van der Waals surface area contributed by atoms with Crippen molar-refractivity contribution in [2.45, 2.75) is 46.8 Å². The lowest BCUT2D eigenvalue weighted by molar-refractivity contribution is 0.00721. The van der Waals surface area contributed by atoms with Crippen LogP contribution in [0.15, 0.2) is 46.8 Å². The normalized spacial score (nSPS) is 11.5. The van der Waals surface area contributed by atoms with Gasteiger partial charge < -0.3 is 9.47 Å². The molecule has 4 heterocycles. The van der Waals surface area contributed by atoms with Gasteiger partial charge in [-0.1, -0.05) is 11.6 Å². The average molecular weight is 588 g/mol. The molecule has 5 rings (SSSR count). The van der Waals surface area contributed by atoms with Gasteiger partial charge in [-0.3, -0.25) is 19.3 Å². The number of hydrogen-bond donors (Lipinski definition) is 0. The van der Waals surface area contributed by atoms with Crippen molar-refractivity contribution in [1.82, 2.24) is 19.5 Å². The van der Waals surface area contributed by atoms with Gasteiger partial charge in [0.2, 0.25) is 0 Å². The first-order chi connectivity index (χ1) is 19.5. The van der Waals surface area contributed by atoms with Crippen LogP contribution in [0.25, 0.3) is 32.2 Å². The third kappa shape index (κ3) is 5.51. The van der Waals surface area contributed by atoms with E-state index >= 15 is 0 Å². The summed E-state index contributed by atoms with van der Waals surface area (Å²) in [6, 6.07) is 9.21. The van der Waals surface area contributed by atoms with E-state index in [2.05, 4.69) is 21.0 Å². The van der Waals surface area contributed by atoms with Crippen LogP contribution in [-0.2, 0) is 11.3 Å². The molecule has 0 saturated heterocycles. The minimum atomic E-state index is -0.635. The van der Waals surface area contributed by atoms with Crippen LogP contribution in [0, 0.1) is 25.2 Å². The Morgan fingerprint density at radius 1 is 1.17 bits per heavy atom. The highest BCUT2D eigenvalue weighted by Crippen LogP contribution is 2.40. The van der Waals surface area contributed by atoms with Gasteiger partial charge in [-0.15, -0.1) is 11.3 Å². The Balaban J connectivity index is 1.47. The number of benzene rings is 1. The van der Waals surface area contributed by atoms with Crippen LogP contribution in [0.5, 0.6) is 5.75 Å². The van der Waals surface area contributed by atoms with Crippen LogP contribution in [0.3, 0.4) is 0 Å². The molecule has 208 valence electrons. The van der Waals surface area contributed by atoms with Gasteiger partial charge in [0.05, 0.1) is 50.7 Å². The molecule has 0 bridgehead atoms. The highest BCUT2D eigenvalue weighted by Gasteiger charge is 2.23. The number of pyridine rings is 2. The molecule has 0 saturated carbocycles. The van der Waals surface area contributed by atoms with E-state index < -0.39 is 11.6 Å². The van der Waals surface area contributed by atoms with Crippen LogP contribution in [-0.4, -0.2) is 37.7 Å². The number of aromatic nitrogens is 4. The van der Waals surface area contributed by atoms with Gasteiger partial charge in [0.1, 0.15) is 29.9 Å². The number of carbonyl (C=O) groups is 1. The van der Waals surface area contributed by atoms with E-state index in [4.69, 9.17) is 21.1 Å². The van der Waals surface area contributed by atoms with E-state index in [1.54, 1.807) is 43.6 Å². The van der Waals surface area contributed by atoms with E-state index in [9.17, 15) is 14.9 Å². The number of nitriles is 1. The second-order valence-electron chi connectivity index (χ2n) is 10.4. The molecule has 0 unspecified atom stereocenters. The Hall–Kier alpha value is -4.33. The van der Waals surface area contributed by atoms with Crippen molar-refractivity contribution in [3.8, 4) is 22.9 Å². The zero-order chi connectivity index (χ0) is 29.5. The van der Waals surface area contributed by atoms with Gasteiger partial charge in [-0.05, 0) is 58.9 Å².